The predicted molar refractivity (Wildman–Crippen MR) is 119 cm³/mol. The largest absolute Gasteiger partial charge is 1.00 e. The molecule has 1 N–H and O–H groups in total. The zero-order valence-electron chi connectivity index (χ0n) is 19.5. The maximum atomic E-state index is 10.5. The summed E-state index contributed by atoms with van der Waals surface area (Å²) in [7, 11) is -4.01. The molecule has 4 nitrogen and oxygen atoms in total. The van der Waals surface area contributed by atoms with Gasteiger partial charge in [0.05, 0.1) is 16.2 Å². The third-order valence-corrected chi connectivity index (χ3v) is 6.44. The van der Waals surface area contributed by atoms with E-state index in [9.17, 15) is 18.1 Å². The zero-order valence-corrected chi connectivity index (χ0v) is 22.3. The van der Waals surface area contributed by atoms with E-state index in [0.29, 0.717) is 6.42 Å². The van der Waals surface area contributed by atoms with Crippen LogP contribution in [-0.2, 0) is 10.1 Å². The second-order valence-corrected chi connectivity index (χ2v) is 10.0. The Morgan fingerprint density at radius 2 is 0.897 bits per heavy atom. The van der Waals surface area contributed by atoms with Crippen LogP contribution in [0.1, 0.15) is 135 Å². The minimum absolute atomic E-state index is 0. The van der Waals surface area contributed by atoms with Gasteiger partial charge in [-0.2, -0.15) is 0 Å². The van der Waals surface area contributed by atoms with Crippen LogP contribution in [0.3, 0.4) is 0 Å². The summed E-state index contributed by atoms with van der Waals surface area (Å²) < 4.78 is 31.4. The molecule has 0 aromatic carbocycles. The van der Waals surface area contributed by atoms with Gasteiger partial charge in [0.2, 0.25) is 0 Å². The molecule has 0 aliphatic heterocycles. The van der Waals surface area contributed by atoms with Crippen LogP contribution >= 0.6 is 0 Å². The molecule has 29 heavy (non-hydrogen) atoms. The zero-order chi connectivity index (χ0) is 20.9. The number of aliphatic hydroxyl groups excluding tert-OH is 1. The number of hydrogen-bond donors (Lipinski definition) is 1. The molecular weight excluding hydrogens is 395 g/mol. The Hall–Kier alpha value is 0.870. The van der Waals surface area contributed by atoms with Gasteiger partial charge < -0.3 is 9.66 Å². The SMILES string of the molecule is CCC(O)CCCCCCCCCCCCCCCCCCCCS(=O)(=O)[O-].[Na+]. The molecule has 0 rings (SSSR count). The van der Waals surface area contributed by atoms with Crippen LogP contribution in [-0.4, -0.2) is 29.9 Å². The minimum atomic E-state index is -4.01. The van der Waals surface area contributed by atoms with Crippen molar-refractivity contribution in [3.8, 4) is 0 Å². The maximum Gasteiger partial charge on any atom is 1.00 e. The molecule has 0 saturated heterocycles. The van der Waals surface area contributed by atoms with Gasteiger partial charge in [-0.05, 0) is 19.3 Å². The predicted octanol–water partition coefficient (Wildman–Crippen LogP) is 3.72. The van der Waals surface area contributed by atoms with E-state index in [1.54, 1.807) is 0 Å². The van der Waals surface area contributed by atoms with Gasteiger partial charge in [0.25, 0.3) is 0 Å². The molecule has 170 valence electrons. The van der Waals surface area contributed by atoms with Crippen LogP contribution in [0.5, 0.6) is 0 Å². The smallest absolute Gasteiger partial charge is 0.748 e. The summed E-state index contributed by atoms with van der Waals surface area (Å²) in [6.45, 7) is 2.05. The second-order valence-electron chi connectivity index (χ2n) is 8.48. The van der Waals surface area contributed by atoms with Crippen molar-refractivity contribution in [1.29, 1.82) is 0 Å². The number of rotatable bonds is 22. The third-order valence-electron chi connectivity index (χ3n) is 5.65. The quantitative estimate of drug-likeness (QED) is 0.157. The fourth-order valence-electron chi connectivity index (χ4n) is 3.69. The fraction of sp³-hybridized carbons (Fsp3) is 1.00. The monoisotopic (exact) mass is 442 g/mol. The van der Waals surface area contributed by atoms with Crippen LogP contribution in [0, 0.1) is 0 Å². The molecule has 1 unspecified atom stereocenters. The van der Waals surface area contributed by atoms with E-state index in [4.69, 9.17) is 0 Å². The molecule has 1 atom stereocenters. The first-order valence-electron chi connectivity index (χ1n) is 12.1. The van der Waals surface area contributed by atoms with Gasteiger partial charge in [0.15, 0.2) is 0 Å². The normalized spacial score (nSPS) is 12.7. The van der Waals surface area contributed by atoms with E-state index in [2.05, 4.69) is 0 Å². The first kappa shape index (κ1) is 32.1. The van der Waals surface area contributed by atoms with Gasteiger partial charge in [-0.15, -0.1) is 0 Å². The summed E-state index contributed by atoms with van der Waals surface area (Å²) in [6, 6.07) is 0. The van der Waals surface area contributed by atoms with E-state index >= 15 is 0 Å². The summed E-state index contributed by atoms with van der Waals surface area (Å²) in [5, 5.41) is 9.50. The molecule has 0 saturated carbocycles. The number of aliphatic hydroxyl groups is 1. The molecule has 0 radical (unpaired) electrons. The van der Waals surface area contributed by atoms with Crippen molar-refractivity contribution in [2.75, 3.05) is 5.75 Å². The Morgan fingerprint density at radius 1 is 0.621 bits per heavy atom. The van der Waals surface area contributed by atoms with Crippen molar-refractivity contribution in [3.63, 3.8) is 0 Å². The van der Waals surface area contributed by atoms with Crippen molar-refractivity contribution >= 4 is 10.1 Å². The molecule has 0 aliphatic carbocycles. The molecule has 0 heterocycles. The fourth-order valence-corrected chi connectivity index (χ4v) is 4.25. The van der Waals surface area contributed by atoms with E-state index in [0.717, 1.165) is 32.1 Å². The van der Waals surface area contributed by atoms with Crippen LogP contribution in [0.4, 0.5) is 0 Å². The van der Waals surface area contributed by atoms with Crippen molar-refractivity contribution in [2.45, 2.75) is 141 Å². The van der Waals surface area contributed by atoms with Gasteiger partial charge in [0, 0.05) is 5.75 Å². The Morgan fingerprint density at radius 3 is 1.17 bits per heavy atom. The Kier molecular flexibility index (Phi) is 26.0. The first-order chi connectivity index (χ1) is 13.5. The van der Waals surface area contributed by atoms with E-state index in [1.165, 1.54) is 89.9 Å². The maximum absolute atomic E-state index is 10.5. The number of hydrogen-bond acceptors (Lipinski definition) is 4. The Labute approximate surface area is 204 Å². The first-order valence-corrected chi connectivity index (χ1v) is 13.6. The van der Waals surface area contributed by atoms with Crippen LogP contribution in [0.2, 0.25) is 0 Å². The van der Waals surface area contributed by atoms with E-state index in [1.807, 2.05) is 6.92 Å². The third kappa shape index (κ3) is 28.9. The average molecular weight is 443 g/mol. The molecule has 0 amide bonds. The van der Waals surface area contributed by atoms with Crippen molar-refractivity contribution < 1.29 is 47.6 Å². The van der Waals surface area contributed by atoms with Crippen LogP contribution in [0.25, 0.3) is 0 Å². The Bertz CT molecular complexity index is 415. The van der Waals surface area contributed by atoms with E-state index in [-0.39, 0.29) is 41.4 Å². The molecule has 0 aromatic rings. The summed E-state index contributed by atoms with van der Waals surface area (Å²) in [6.07, 6.45) is 24.0. The topological polar surface area (TPSA) is 77.4 Å². The minimum Gasteiger partial charge on any atom is -0.748 e. The standard InChI is InChI=1S/C23H48O4S.Na/c1-2-23(24)21-19-17-15-13-11-9-7-5-3-4-6-8-10-12-14-16-18-20-22-28(25,26)27;/h23-24H,2-22H2,1H3,(H,25,26,27);/q;+1/p-1. The van der Waals surface area contributed by atoms with Gasteiger partial charge in [-0.25, -0.2) is 8.42 Å². The van der Waals surface area contributed by atoms with Crippen LogP contribution in [0.15, 0.2) is 0 Å². The van der Waals surface area contributed by atoms with Crippen molar-refractivity contribution in [2.24, 2.45) is 0 Å². The van der Waals surface area contributed by atoms with Gasteiger partial charge in [-0.3, -0.25) is 0 Å². The van der Waals surface area contributed by atoms with Crippen LogP contribution < -0.4 is 29.6 Å². The molecule has 0 aromatic heterocycles. The molecular formula is C23H47NaO4S. The van der Waals surface area contributed by atoms with Crippen molar-refractivity contribution in [1.82, 2.24) is 0 Å². The Balaban J connectivity index is 0. The molecule has 0 spiro atoms. The van der Waals surface area contributed by atoms with Crippen molar-refractivity contribution in [3.05, 3.63) is 0 Å². The summed E-state index contributed by atoms with van der Waals surface area (Å²) >= 11 is 0. The van der Waals surface area contributed by atoms with Gasteiger partial charge >= 0.3 is 29.6 Å². The summed E-state index contributed by atoms with van der Waals surface area (Å²) in [5.41, 5.74) is 0. The second kappa shape index (κ2) is 23.5. The summed E-state index contributed by atoms with van der Waals surface area (Å²) in [5.74, 6) is -0.197. The molecule has 0 bridgehead atoms. The molecule has 0 fully saturated rings. The summed E-state index contributed by atoms with van der Waals surface area (Å²) in [4.78, 5) is 0. The van der Waals surface area contributed by atoms with E-state index < -0.39 is 10.1 Å². The molecule has 0 aliphatic rings. The van der Waals surface area contributed by atoms with Gasteiger partial charge in [-0.1, -0.05) is 116 Å². The average Bonchev–Trinajstić information content (AvgIpc) is 2.65. The number of unbranched alkanes of at least 4 members (excludes halogenated alkanes) is 17. The van der Waals surface area contributed by atoms with Gasteiger partial charge in [0.1, 0.15) is 0 Å². The molecule has 6 heteroatoms.